The molecule has 0 amide bonds. The van der Waals surface area contributed by atoms with E-state index in [-0.39, 0.29) is 25.0 Å². The van der Waals surface area contributed by atoms with Gasteiger partial charge < -0.3 is 14.3 Å². The minimum atomic E-state index is -1.03. The SMILES string of the molecule is CC(c1ccccc1)c1nnc(COCC(=O)O)o1. The highest BCUT2D eigenvalue weighted by molar-refractivity contribution is 5.67. The fraction of sp³-hybridized carbons (Fsp3) is 0.308. The first kappa shape index (κ1) is 13.2. The van der Waals surface area contributed by atoms with Crippen LogP contribution in [-0.4, -0.2) is 27.9 Å². The van der Waals surface area contributed by atoms with Crippen molar-refractivity contribution < 1.29 is 19.1 Å². The van der Waals surface area contributed by atoms with Crippen molar-refractivity contribution in [2.24, 2.45) is 0 Å². The van der Waals surface area contributed by atoms with Crippen LogP contribution >= 0.6 is 0 Å². The number of carboxylic acid groups (broad SMARTS) is 1. The highest BCUT2D eigenvalue weighted by Gasteiger charge is 2.15. The van der Waals surface area contributed by atoms with Crippen molar-refractivity contribution >= 4 is 5.97 Å². The van der Waals surface area contributed by atoms with Crippen LogP contribution in [0.1, 0.15) is 30.2 Å². The Hall–Kier alpha value is -2.21. The Morgan fingerprint density at radius 3 is 2.79 bits per heavy atom. The van der Waals surface area contributed by atoms with E-state index in [1.54, 1.807) is 0 Å². The lowest BCUT2D eigenvalue weighted by molar-refractivity contribution is -0.142. The number of rotatable bonds is 6. The summed E-state index contributed by atoms with van der Waals surface area (Å²) in [6, 6.07) is 9.79. The number of ether oxygens (including phenoxy) is 1. The molecule has 1 aromatic heterocycles. The molecule has 0 aliphatic rings. The topological polar surface area (TPSA) is 85.5 Å². The number of hydrogen-bond donors (Lipinski definition) is 1. The van der Waals surface area contributed by atoms with Gasteiger partial charge in [0.15, 0.2) is 0 Å². The Bertz CT molecular complexity index is 539. The maximum absolute atomic E-state index is 10.3. The highest BCUT2D eigenvalue weighted by Crippen LogP contribution is 2.22. The molecule has 1 atom stereocenters. The van der Waals surface area contributed by atoms with Gasteiger partial charge in [0.1, 0.15) is 13.2 Å². The Balaban J connectivity index is 1.98. The predicted molar refractivity (Wildman–Crippen MR) is 65.5 cm³/mol. The van der Waals surface area contributed by atoms with E-state index in [1.165, 1.54) is 0 Å². The molecule has 0 spiro atoms. The molecule has 1 aromatic carbocycles. The number of benzene rings is 1. The van der Waals surface area contributed by atoms with Crippen molar-refractivity contribution in [3.63, 3.8) is 0 Å². The number of carboxylic acids is 1. The molecule has 2 rings (SSSR count). The van der Waals surface area contributed by atoms with Crippen molar-refractivity contribution in [2.75, 3.05) is 6.61 Å². The summed E-state index contributed by atoms with van der Waals surface area (Å²) in [4.78, 5) is 10.3. The van der Waals surface area contributed by atoms with E-state index in [0.29, 0.717) is 5.89 Å². The zero-order valence-electron chi connectivity index (χ0n) is 10.4. The van der Waals surface area contributed by atoms with Crippen LogP contribution in [0.4, 0.5) is 0 Å². The van der Waals surface area contributed by atoms with Gasteiger partial charge in [-0.2, -0.15) is 0 Å². The first-order chi connectivity index (χ1) is 9.16. The molecule has 0 bridgehead atoms. The standard InChI is InChI=1S/C13H14N2O4/c1-9(10-5-3-2-4-6-10)13-15-14-11(19-13)7-18-8-12(16)17/h2-6,9H,7-8H2,1H3,(H,16,17). The average Bonchev–Trinajstić information content (AvgIpc) is 2.87. The maximum atomic E-state index is 10.3. The maximum Gasteiger partial charge on any atom is 0.329 e. The first-order valence-corrected chi connectivity index (χ1v) is 5.83. The normalized spacial score (nSPS) is 12.3. The molecule has 6 nitrogen and oxygen atoms in total. The molecule has 0 aliphatic heterocycles. The molecular formula is C13H14N2O4. The van der Waals surface area contributed by atoms with E-state index in [2.05, 4.69) is 10.2 Å². The second kappa shape index (κ2) is 6.10. The van der Waals surface area contributed by atoms with Crippen LogP contribution in [0.15, 0.2) is 34.7 Å². The molecule has 6 heteroatoms. The molecule has 1 unspecified atom stereocenters. The zero-order chi connectivity index (χ0) is 13.7. The van der Waals surface area contributed by atoms with Gasteiger partial charge in [-0.15, -0.1) is 10.2 Å². The van der Waals surface area contributed by atoms with E-state index >= 15 is 0 Å². The van der Waals surface area contributed by atoms with Crippen molar-refractivity contribution in [2.45, 2.75) is 19.4 Å². The number of carbonyl (C=O) groups is 1. The smallest absolute Gasteiger partial charge is 0.329 e. The summed E-state index contributed by atoms with van der Waals surface area (Å²) < 4.78 is 10.3. The Kier molecular flexibility index (Phi) is 4.25. The second-order valence-electron chi connectivity index (χ2n) is 4.05. The lowest BCUT2D eigenvalue weighted by atomic mass is 10.0. The van der Waals surface area contributed by atoms with Gasteiger partial charge >= 0.3 is 5.97 Å². The summed E-state index contributed by atoms with van der Waals surface area (Å²) in [5, 5.41) is 16.2. The van der Waals surface area contributed by atoms with Crippen LogP contribution in [0.3, 0.4) is 0 Å². The molecule has 1 N–H and O–H groups in total. The summed E-state index contributed by atoms with van der Waals surface area (Å²) >= 11 is 0. The molecule has 1 heterocycles. The predicted octanol–water partition coefficient (Wildman–Crippen LogP) is 1.82. The van der Waals surface area contributed by atoms with Gasteiger partial charge in [-0.1, -0.05) is 30.3 Å². The fourth-order valence-corrected chi connectivity index (χ4v) is 1.61. The fourth-order valence-electron chi connectivity index (χ4n) is 1.61. The number of hydrogen-bond acceptors (Lipinski definition) is 5. The van der Waals surface area contributed by atoms with Gasteiger partial charge in [0.25, 0.3) is 0 Å². The number of aliphatic carboxylic acids is 1. The van der Waals surface area contributed by atoms with E-state index in [4.69, 9.17) is 14.3 Å². The van der Waals surface area contributed by atoms with Crippen molar-refractivity contribution in [1.29, 1.82) is 0 Å². The van der Waals surface area contributed by atoms with Crippen LogP contribution in [-0.2, 0) is 16.1 Å². The molecule has 0 saturated carbocycles. The summed E-state index contributed by atoms with van der Waals surface area (Å²) in [5.41, 5.74) is 1.07. The Labute approximate surface area is 110 Å². The molecule has 0 saturated heterocycles. The van der Waals surface area contributed by atoms with Gasteiger partial charge in [-0.25, -0.2) is 4.79 Å². The van der Waals surface area contributed by atoms with Gasteiger partial charge in [0.05, 0.1) is 5.92 Å². The molecule has 0 fully saturated rings. The van der Waals surface area contributed by atoms with Crippen molar-refractivity contribution in [3.05, 3.63) is 47.7 Å². The van der Waals surface area contributed by atoms with Gasteiger partial charge in [-0.05, 0) is 12.5 Å². The van der Waals surface area contributed by atoms with Gasteiger partial charge in [-0.3, -0.25) is 0 Å². The molecular weight excluding hydrogens is 248 g/mol. The van der Waals surface area contributed by atoms with E-state index in [1.807, 2.05) is 37.3 Å². The first-order valence-electron chi connectivity index (χ1n) is 5.83. The second-order valence-corrected chi connectivity index (χ2v) is 4.05. The quantitative estimate of drug-likeness (QED) is 0.854. The van der Waals surface area contributed by atoms with Crippen LogP contribution in [0.25, 0.3) is 0 Å². The Morgan fingerprint density at radius 2 is 2.11 bits per heavy atom. The van der Waals surface area contributed by atoms with Crippen LogP contribution in [0.2, 0.25) is 0 Å². The van der Waals surface area contributed by atoms with Crippen molar-refractivity contribution in [1.82, 2.24) is 10.2 Å². The van der Waals surface area contributed by atoms with Crippen molar-refractivity contribution in [3.8, 4) is 0 Å². The highest BCUT2D eigenvalue weighted by atomic mass is 16.5. The summed E-state index contributed by atoms with van der Waals surface area (Å²) in [7, 11) is 0. The van der Waals surface area contributed by atoms with Gasteiger partial charge in [0.2, 0.25) is 11.8 Å². The minimum Gasteiger partial charge on any atom is -0.480 e. The average molecular weight is 262 g/mol. The molecule has 0 aliphatic carbocycles. The van der Waals surface area contributed by atoms with E-state index in [0.717, 1.165) is 5.56 Å². The minimum absolute atomic E-state index is 0.000803. The summed E-state index contributed by atoms with van der Waals surface area (Å²) in [5.74, 6) is -0.279. The third-order valence-electron chi connectivity index (χ3n) is 2.60. The summed E-state index contributed by atoms with van der Waals surface area (Å²) in [6.45, 7) is 1.58. The van der Waals surface area contributed by atoms with Crippen LogP contribution in [0, 0.1) is 0 Å². The number of aromatic nitrogens is 2. The third-order valence-corrected chi connectivity index (χ3v) is 2.60. The van der Waals surface area contributed by atoms with E-state index in [9.17, 15) is 4.79 Å². The third kappa shape index (κ3) is 3.62. The molecule has 2 aromatic rings. The lowest BCUT2D eigenvalue weighted by Crippen LogP contribution is -2.06. The van der Waals surface area contributed by atoms with E-state index < -0.39 is 5.97 Å². The monoisotopic (exact) mass is 262 g/mol. The summed E-state index contributed by atoms with van der Waals surface area (Å²) in [6.07, 6.45) is 0. The van der Waals surface area contributed by atoms with Crippen LogP contribution in [0.5, 0.6) is 0 Å². The molecule has 0 radical (unpaired) electrons. The Morgan fingerprint density at radius 1 is 1.37 bits per heavy atom. The lowest BCUT2D eigenvalue weighted by Gasteiger charge is -2.05. The van der Waals surface area contributed by atoms with Crippen LogP contribution < -0.4 is 0 Å². The number of nitrogens with zero attached hydrogens (tertiary/aromatic N) is 2. The largest absolute Gasteiger partial charge is 0.480 e. The van der Waals surface area contributed by atoms with Gasteiger partial charge in [0, 0.05) is 0 Å². The zero-order valence-corrected chi connectivity index (χ0v) is 10.4. The molecule has 100 valence electrons. The molecule has 19 heavy (non-hydrogen) atoms.